The first kappa shape index (κ1) is 22.3. The molecule has 1 N–H and O–H groups in total. The molecule has 1 atom stereocenters. The van der Waals surface area contributed by atoms with Crippen molar-refractivity contribution in [2.75, 3.05) is 20.7 Å². The molecule has 6 nitrogen and oxygen atoms in total. The monoisotopic (exact) mass is 430 g/mol. The molecule has 2 aromatic carbocycles. The zero-order chi connectivity index (χ0) is 21.7. The molecule has 7 heteroatoms. The van der Waals surface area contributed by atoms with E-state index in [-0.39, 0.29) is 23.4 Å². The number of carbonyl (C=O) groups is 1. The number of carbonyl (C=O) groups excluding carboxylic acids is 1. The molecule has 0 saturated carbocycles. The fraction of sp³-hybridized carbons (Fsp3) is 0.435. The van der Waals surface area contributed by atoms with Crippen molar-refractivity contribution in [1.29, 1.82) is 0 Å². The van der Waals surface area contributed by atoms with Crippen LogP contribution in [0, 0.1) is 0 Å². The molecular weight excluding hydrogens is 400 g/mol. The molecule has 2 aromatic rings. The summed E-state index contributed by atoms with van der Waals surface area (Å²) in [7, 11) is -0.825. The lowest BCUT2D eigenvalue weighted by atomic mass is 9.89. The summed E-state index contributed by atoms with van der Waals surface area (Å²) in [5, 5.41) is 3.00. The number of hydrogen-bond donors (Lipinski definition) is 1. The van der Waals surface area contributed by atoms with Crippen LogP contribution >= 0.6 is 0 Å². The smallest absolute Gasteiger partial charge is 0.243 e. The minimum Gasteiger partial charge on any atom is -0.497 e. The normalized spacial score (nSPS) is 14.8. The van der Waals surface area contributed by atoms with Gasteiger partial charge in [-0.1, -0.05) is 25.1 Å². The van der Waals surface area contributed by atoms with Gasteiger partial charge in [-0.3, -0.25) is 4.79 Å². The first-order valence-electron chi connectivity index (χ1n) is 10.4. The van der Waals surface area contributed by atoms with Crippen LogP contribution in [0.5, 0.6) is 5.75 Å². The molecule has 0 saturated heterocycles. The van der Waals surface area contributed by atoms with Gasteiger partial charge in [-0.25, -0.2) is 8.42 Å². The molecule has 1 amide bonds. The van der Waals surface area contributed by atoms with Gasteiger partial charge < -0.3 is 10.1 Å². The molecule has 0 heterocycles. The van der Waals surface area contributed by atoms with E-state index in [0.717, 1.165) is 29.1 Å². The Morgan fingerprint density at radius 3 is 2.40 bits per heavy atom. The first-order valence-corrected chi connectivity index (χ1v) is 11.8. The summed E-state index contributed by atoms with van der Waals surface area (Å²) in [6.45, 7) is 1.78. The number of methoxy groups -OCH3 is 1. The maximum absolute atomic E-state index is 12.8. The van der Waals surface area contributed by atoms with E-state index < -0.39 is 10.0 Å². The summed E-state index contributed by atoms with van der Waals surface area (Å²) < 4.78 is 31.7. The van der Waals surface area contributed by atoms with Crippen LogP contribution in [0.15, 0.2) is 47.4 Å². The molecule has 0 radical (unpaired) electrons. The van der Waals surface area contributed by atoms with Gasteiger partial charge in [0, 0.05) is 7.05 Å². The van der Waals surface area contributed by atoms with Crippen LogP contribution in [0.4, 0.5) is 0 Å². The van der Waals surface area contributed by atoms with Crippen molar-refractivity contribution in [3.8, 4) is 5.75 Å². The van der Waals surface area contributed by atoms with E-state index in [0.29, 0.717) is 5.75 Å². The largest absolute Gasteiger partial charge is 0.497 e. The molecule has 3 rings (SSSR count). The number of hydrogen-bond acceptors (Lipinski definition) is 4. The summed E-state index contributed by atoms with van der Waals surface area (Å²) in [5.41, 5.74) is 3.84. The lowest BCUT2D eigenvalue weighted by Gasteiger charge is -2.23. The average Bonchev–Trinajstić information content (AvgIpc) is 2.77. The SMILES string of the molecule is CCC(NC(=O)CN(C)S(=O)(=O)c1ccc(OC)cc1)c1ccc2c(c1)CCCC2. The fourth-order valence-electron chi connectivity index (χ4n) is 3.85. The molecule has 1 aliphatic rings. The van der Waals surface area contributed by atoms with E-state index >= 15 is 0 Å². The van der Waals surface area contributed by atoms with Gasteiger partial charge in [-0.05, 0) is 73.1 Å². The number of nitrogens with one attached hydrogen (secondary N) is 1. The van der Waals surface area contributed by atoms with Gasteiger partial charge in [0.05, 0.1) is 24.6 Å². The zero-order valence-corrected chi connectivity index (χ0v) is 18.7. The fourth-order valence-corrected chi connectivity index (χ4v) is 4.97. The topological polar surface area (TPSA) is 75.7 Å². The lowest BCUT2D eigenvalue weighted by Crippen LogP contribution is -2.39. The molecule has 0 aromatic heterocycles. The van der Waals surface area contributed by atoms with Crippen LogP contribution in [-0.4, -0.2) is 39.3 Å². The molecule has 0 fully saturated rings. The van der Waals surface area contributed by atoms with Crippen LogP contribution < -0.4 is 10.1 Å². The highest BCUT2D eigenvalue weighted by molar-refractivity contribution is 7.89. The summed E-state index contributed by atoms with van der Waals surface area (Å²) >= 11 is 0. The average molecular weight is 431 g/mol. The van der Waals surface area contributed by atoms with Crippen molar-refractivity contribution >= 4 is 15.9 Å². The minimum atomic E-state index is -3.76. The molecule has 0 bridgehead atoms. The number of nitrogens with zero attached hydrogens (tertiary/aromatic N) is 1. The number of amides is 1. The highest BCUT2D eigenvalue weighted by atomic mass is 32.2. The van der Waals surface area contributed by atoms with Gasteiger partial charge in [0.2, 0.25) is 15.9 Å². The highest BCUT2D eigenvalue weighted by Crippen LogP contribution is 2.26. The number of sulfonamides is 1. The quantitative estimate of drug-likeness (QED) is 0.696. The number of likely N-dealkylation sites (N-methyl/N-ethyl adjacent to an activating group) is 1. The number of ether oxygens (including phenoxy) is 1. The second-order valence-corrected chi connectivity index (χ2v) is 9.75. The Kier molecular flexibility index (Phi) is 7.15. The Balaban J connectivity index is 1.66. The standard InChI is InChI=1S/C23H30N2O4S/c1-4-22(19-10-9-17-7-5-6-8-18(17)15-19)24-23(26)16-25(2)30(27,28)21-13-11-20(29-3)12-14-21/h9-15,22H,4-8,16H2,1-3H3,(H,24,26). The number of rotatable bonds is 8. The third-order valence-electron chi connectivity index (χ3n) is 5.65. The van der Waals surface area contributed by atoms with Crippen LogP contribution in [0.2, 0.25) is 0 Å². The third kappa shape index (κ3) is 5.02. The van der Waals surface area contributed by atoms with E-state index in [2.05, 4.69) is 23.5 Å². The Hall–Kier alpha value is -2.38. The molecule has 162 valence electrons. The van der Waals surface area contributed by atoms with Crippen molar-refractivity contribution in [1.82, 2.24) is 9.62 Å². The minimum absolute atomic E-state index is 0.125. The molecule has 0 aliphatic heterocycles. The van der Waals surface area contributed by atoms with Gasteiger partial charge in [-0.15, -0.1) is 0 Å². The van der Waals surface area contributed by atoms with E-state index in [1.54, 1.807) is 12.1 Å². The first-order chi connectivity index (χ1) is 14.3. The highest BCUT2D eigenvalue weighted by Gasteiger charge is 2.24. The summed E-state index contributed by atoms with van der Waals surface area (Å²) in [6.07, 6.45) is 5.37. The van der Waals surface area contributed by atoms with Crippen molar-refractivity contribution in [2.45, 2.75) is 50.0 Å². The van der Waals surface area contributed by atoms with Crippen LogP contribution in [0.1, 0.15) is 48.9 Å². The Bertz CT molecular complexity index is 987. The Labute approximate surface area is 179 Å². The van der Waals surface area contributed by atoms with Gasteiger partial charge in [0.25, 0.3) is 0 Å². The zero-order valence-electron chi connectivity index (χ0n) is 17.8. The molecular formula is C23H30N2O4S. The lowest BCUT2D eigenvalue weighted by molar-refractivity contribution is -0.121. The summed E-state index contributed by atoms with van der Waals surface area (Å²) in [5.74, 6) is 0.254. The summed E-state index contributed by atoms with van der Waals surface area (Å²) in [4.78, 5) is 12.8. The second kappa shape index (κ2) is 9.62. The van der Waals surface area contributed by atoms with Crippen molar-refractivity contribution in [3.05, 3.63) is 59.2 Å². The maximum Gasteiger partial charge on any atom is 0.243 e. The van der Waals surface area contributed by atoms with Gasteiger partial charge in [0.15, 0.2) is 0 Å². The molecule has 30 heavy (non-hydrogen) atoms. The third-order valence-corrected chi connectivity index (χ3v) is 7.47. The van der Waals surface area contributed by atoms with E-state index in [1.807, 2.05) is 6.92 Å². The van der Waals surface area contributed by atoms with E-state index in [4.69, 9.17) is 4.74 Å². The Morgan fingerprint density at radius 2 is 1.77 bits per heavy atom. The number of aryl methyl sites for hydroxylation is 2. The molecule has 0 spiro atoms. The van der Waals surface area contributed by atoms with Crippen molar-refractivity contribution in [2.24, 2.45) is 0 Å². The predicted molar refractivity (Wildman–Crippen MR) is 117 cm³/mol. The van der Waals surface area contributed by atoms with E-state index in [1.165, 1.54) is 50.3 Å². The number of benzene rings is 2. The summed E-state index contributed by atoms with van der Waals surface area (Å²) in [6, 6.07) is 12.4. The van der Waals surface area contributed by atoms with Crippen LogP contribution in [-0.2, 0) is 27.7 Å². The Morgan fingerprint density at radius 1 is 1.10 bits per heavy atom. The van der Waals surface area contributed by atoms with Crippen LogP contribution in [0.3, 0.4) is 0 Å². The maximum atomic E-state index is 12.8. The van der Waals surface area contributed by atoms with Gasteiger partial charge >= 0.3 is 0 Å². The van der Waals surface area contributed by atoms with Crippen LogP contribution in [0.25, 0.3) is 0 Å². The van der Waals surface area contributed by atoms with Gasteiger partial charge in [0.1, 0.15) is 5.75 Å². The van der Waals surface area contributed by atoms with E-state index in [9.17, 15) is 13.2 Å². The van der Waals surface area contributed by atoms with Crippen molar-refractivity contribution < 1.29 is 17.9 Å². The van der Waals surface area contributed by atoms with Gasteiger partial charge in [-0.2, -0.15) is 4.31 Å². The molecule has 1 aliphatic carbocycles. The number of fused-ring (bicyclic) bond motifs is 1. The van der Waals surface area contributed by atoms with Crippen molar-refractivity contribution in [3.63, 3.8) is 0 Å². The predicted octanol–water partition coefficient (Wildman–Crippen LogP) is 3.46. The second-order valence-electron chi connectivity index (χ2n) is 7.70. The molecule has 1 unspecified atom stereocenters.